The van der Waals surface area contributed by atoms with Crippen LogP contribution in [0.3, 0.4) is 0 Å². The average molecular weight is 939 g/mol. The van der Waals surface area contributed by atoms with E-state index in [2.05, 4.69) is 0 Å². The second-order valence-electron chi connectivity index (χ2n) is 16.6. The number of esters is 6. The first-order chi connectivity index (χ1) is 31.4. The molecular weight excluding hydrogens is 856 g/mol. The molecule has 6 saturated heterocycles. The van der Waals surface area contributed by atoms with Crippen molar-refractivity contribution in [1.29, 1.82) is 0 Å². The van der Waals surface area contributed by atoms with Crippen molar-refractivity contribution < 1.29 is 92.6 Å². The summed E-state index contributed by atoms with van der Waals surface area (Å²) in [6.07, 6.45) is 23.0. The number of hydrogen-bond donors (Lipinski definition) is 6. The normalized spacial score (nSPS) is 19.5. The molecule has 0 aromatic carbocycles. The van der Waals surface area contributed by atoms with Gasteiger partial charge in [0, 0.05) is 38.5 Å². The lowest BCUT2D eigenvalue weighted by Gasteiger charge is -2.31. The van der Waals surface area contributed by atoms with Crippen LogP contribution in [0, 0.1) is 10.8 Å². The molecule has 19 nitrogen and oxygen atoms in total. The fourth-order valence-electron chi connectivity index (χ4n) is 5.90. The lowest BCUT2D eigenvalue weighted by molar-refractivity contribution is -0.143. The summed E-state index contributed by atoms with van der Waals surface area (Å²) < 4.78 is 33.7. The molecule has 0 spiro atoms. The number of ether oxygens (including phenoxy) is 7. The molecule has 0 aromatic rings. The molecule has 65 heavy (non-hydrogen) atoms. The van der Waals surface area contributed by atoms with E-state index in [9.17, 15) is 28.8 Å². The first-order valence-corrected chi connectivity index (χ1v) is 23.6. The van der Waals surface area contributed by atoms with E-state index in [0.717, 1.165) is 116 Å². The molecule has 6 N–H and O–H groups in total. The molecular formula is C46H82O19. The highest BCUT2D eigenvalue weighted by atomic mass is 16.6. The van der Waals surface area contributed by atoms with Crippen LogP contribution in [0.2, 0.25) is 0 Å². The molecule has 0 radical (unpaired) electrons. The molecule has 0 bridgehead atoms. The van der Waals surface area contributed by atoms with E-state index in [1.165, 1.54) is 0 Å². The molecule has 0 saturated carbocycles. The summed E-state index contributed by atoms with van der Waals surface area (Å²) in [4.78, 5) is 62.8. The molecule has 6 aliphatic rings. The topological polar surface area (TPSA) is 288 Å². The van der Waals surface area contributed by atoms with Crippen molar-refractivity contribution in [3.05, 3.63) is 0 Å². The van der Waals surface area contributed by atoms with Crippen molar-refractivity contribution in [2.24, 2.45) is 10.8 Å². The third-order valence-corrected chi connectivity index (χ3v) is 10.6. The van der Waals surface area contributed by atoms with E-state index in [-0.39, 0.29) is 49.0 Å². The molecule has 0 unspecified atom stereocenters. The lowest BCUT2D eigenvalue weighted by Crippen LogP contribution is -2.43. The quantitative estimate of drug-likeness (QED) is 0.135. The summed E-state index contributed by atoms with van der Waals surface area (Å²) in [5.74, 6) is -0.153. The maximum Gasteiger partial charge on any atom is 0.305 e. The van der Waals surface area contributed by atoms with E-state index in [1.54, 1.807) is 0 Å². The Balaban J connectivity index is 0.000000752. The molecule has 6 aliphatic heterocycles. The predicted octanol–water partition coefficient (Wildman–Crippen LogP) is 3.55. The number of carbonyl (C=O) groups excluding carboxylic acids is 6. The molecule has 0 aromatic heterocycles. The average Bonchev–Trinajstić information content (AvgIpc) is 4.03. The highest BCUT2D eigenvalue weighted by Crippen LogP contribution is 2.20. The third-order valence-electron chi connectivity index (χ3n) is 10.6. The van der Waals surface area contributed by atoms with Crippen LogP contribution in [0.4, 0.5) is 0 Å². The highest BCUT2D eigenvalue weighted by molar-refractivity contribution is 5.71. The van der Waals surface area contributed by atoms with Gasteiger partial charge in [0.15, 0.2) is 0 Å². The van der Waals surface area contributed by atoms with Gasteiger partial charge in [0.2, 0.25) is 0 Å². The molecule has 0 amide bonds. The van der Waals surface area contributed by atoms with Crippen LogP contribution >= 0.6 is 0 Å². The second-order valence-corrected chi connectivity index (χ2v) is 16.6. The zero-order valence-electron chi connectivity index (χ0n) is 38.9. The maximum atomic E-state index is 10.5. The van der Waals surface area contributed by atoms with Crippen molar-refractivity contribution in [3.8, 4) is 0 Å². The summed E-state index contributed by atoms with van der Waals surface area (Å²) in [6, 6.07) is 0. The number of rotatable bonds is 10. The Kier molecular flexibility index (Phi) is 39.7. The fourth-order valence-corrected chi connectivity index (χ4v) is 5.90. The van der Waals surface area contributed by atoms with Crippen LogP contribution in [0.5, 0.6) is 0 Å². The zero-order chi connectivity index (χ0) is 48.3. The zero-order valence-corrected chi connectivity index (χ0v) is 38.9. The van der Waals surface area contributed by atoms with Gasteiger partial charge >= 0.3 is 35.8 Å². The van der Waals surface area contributed by atoms with E-state index in [0.29, 0.717) is 78.2 Å². The van der Waals surface area contributed by atoms with Gasteiger partial charge in [-0.05, 0) is 116 Å². The fraction of sp³-hybridized carbons (Fsp3) is 0.870. The Bertz CT molecular complexity index is 954. The number of aliphatic hydroxyl groups is 6. The van der Waals surface area contributed by atoms with Crippen LogP contribution in [-0.4, -0.2) is 159 Å². The van der Waals surface area contributed by atoms with Gasteiger partial charge in [0.1, 0.15) is 0 Å². The van der Waals surface area contributed by atoms with Gasteiger partial charge in [-0.3, -0.25) is 28.8 Å². The maximum absolute atomic E-state index is 10.5. The molecule has 6 rings (SSSR count). The summed E-state index contributed by atoms with van der Waals surface area (Å²) >= 11 is 0. The highest BCUT2D eigenvalue weighted by Gasteiger charge is 2.33. The van der Waals surface area contributed by atoms with Crippen LogP contribution < -0.4 is 0 Å². The third kappa shape index (κ3) is 35.4. The minimum atomic E-state index is -1.16. The van der Waals surface area contributed by atoms with E-state index in [4.69, 9.17) is 63.8 Å². The van der Waals surface area contributed by atoms with Gasteiger partial charge in [-0.2, -0.15) is 0 Å². The van der Waals surface area contributed by atoms with Crippen LogP contribution in [0.25, 0.3) is 0 Å². The SMILES string of the molecule is O=C1CCCCCO1.O=C1CCCCCO1.O=C1CCCCCO1.O=C1CCCCCO1.O=C1CCCCCO1.O=C1CCCCCO1.OCC(CO)(CO)COCC(CO)(CO)CO. The van der Waals surface area contributed by atoms with Crippen molar-refractivity contribution in [1.82, 2.24) is 0 Å². The number of aliphatic hydroxyl groups excluding tert-OH is 6. The van der Waals surface area contributed by atoms with Gasteiger partial charge in [-0.15, -0.1) is 0 Å². The molecule has 380 valence electrons. The molecule has 6 heterocycles. The second kappa shape index (κ2) is 41.9. The Morgan fingerprint density at radius 2 is 0.462 bits per heavy atom. The van der Waals surface area contributed by atoms with Crippen molar-refractivity contribution in [3.63, 3.8) is 0 Å². The largest absolute Gasteiger partial charge is 0.466 e. The Labute approximate surface area is 385 Å². The van der Waals surface area contributed by atoms with Gasteiger partial charge in [0.25, 0.3) is 0 Å². The first-order valence-electron chi connectivity index (χ1n) is 23.6. The van der Waals surface area contributed by atoms with Crippen molar-refractivity contribution in [2.45, 2.75) is 154 Å². The summed E-state index contributed by atoms with van der Waals surface area (Å²) in [5.41, 5.74) is -2.32. The molecule has 6 fully saturated rings. The minimum Gasteiger partial charge on any atom is -0.466 e. The van der Waals surface area contributed by atoms with E-state index >= 15 is 0 Å². The van der Waals surface area contributed by atoms with Gasteiger partial charge in [-0.25, -0.2) is 0 Å². The smallest absolute Gasteiger partial charge is 0.305 e. The Morgan fingerprint density at radius 3 is 0.615 bits per heavy atom. The molecule has 0 aliphatic carbocycles. The Morgan fingerprint density at radius 1 is 0.292 bits per heavy atom. The van der Waals surface area contributed by atoms with Crippen LogP contribution in [0.15, 0.2) is 0 Å². The minimum absolute atomic E-state index is 0.0255. The van der Waals surface area contributed by atoms with Gasteiger partial charge in [-0.1, -0.05) is 0 Å². The number of cyclic esters (lactones) is 6. The Hall–Kier alpha value is -3.46. The lowest BCUT2D eigenvalue weighted by atomic mass is 9.91. The summed E-state index contributed by atoms with van der Waals surface area (Å²) in [5, 5.41) is 54.2. The predicted molar refractivity (Wildman–Crippen MR) is 235 cm³/mol. The summed E-state index contributed by atoms with van der Waals surface area (Å²) in [6.45, 7) is 0.821. The van der Waals surface area contributed by atoms with E-state index in [1.807, 2.05) is 0 Å². The molecule has 0 atom stereocenters. The first kappa shape index (κ1) is 61.5. The van der Waals surface area contributed by atoms with Gasteiger partial charge < -0.3 is 63.8 Å². The molecule has 19 heteroatoms. The summed E-state index contributed by atoms with van der Waals surface area (Å²) in [7, 11) is 0. The van der Waals surface area contributed by atoms with Gasteiger partial charge in [0.05, 0.1) is 103 Å². The monoisotopic (exact) mass is 939 g/mol. The standard InChI is InChI=1S/C10H22O7.6C6H10O2/c11-1-9(2-12,3-13)7-17-8-10(4-14,5-15)6-16;6*7-6-4-2-1-3-5-8-6/h11-16H,1-8H2;6*1-5H2. The van der Waals surface area contributed by atoms with Crippen LogP contribution in [0.1, 0.15) is 154 Å². The van der Waals surface area contributed by atoms with Crippen LogP contribution in [-0.2, 0) is 61.9 Å². The number of hydrogen-bond acceptors (Lipinski definition) is 19. The van der Waals surface area contributed by atoms with E-state index < -0.39 is 50.5 Å². The van der Waals surface area contributed by atoms with Crippen molar-refractivity contribution >= 4 is 35.8 Å². The van der Waals surface area contributed by atoms with Crippen molar-refractivity contribution in [2.75, 3.05) is 92.5 Å². The number of carbonyl (C=O) groups is 6.